The number of carbonyl (C=O) groups excluding carboxylic acids is 1. The lowest BCUT2D eigenvalue weighted by atomic mass is 10.1. The first kappa shape index (κ1) is 23.3. The summed E-state index contributed by atoms with van der Waals surface area (Å²) in [5, 5.41) is 3.04. The van der Waals surface area contributed by atoms with Crippen LogP contribution in [0.3, 0.4) is 0 Å². The van der Waals surface area contributed by atoms with Gasteiger partial charge in [0.05, 0.1) is 10.9 Å². The lowest BCUT2D eigenvalue weighted by Crippen LogP contribution is -2.39. The zero-order valence-corrected chi connectivity index (χ0v) is 18.3. The molecule has 0 fully saturated rings. The first-order valence-electron chi connectivity index (χ1n) is 9.07. The third-order valence-electron chi connectivity index (χ3n) is 4.33. The monoisotopic (exact) mass is 441 g/mol. The van der Waals surface area contributed by atoms with Crippen molar-refractivity contribution in [2.24, 2.45) is 0 Å². The molecule has 0 bridgehead atoms. The minimum atomic E-state index is -3.60. The van der Waals surface area contributed by atoms with Gasteiger partial charge in [0.25, 0.3) is 0 Å². The standard InChI is InChI=1S/C20H25ClFN3O3S/c1-13(2)24-29(27,28)16-10-8-15(9-11-16)23-20(26)14(3)25(4)12-17-18(21)6-5-7-19(17)22/h5-11,13-14,24H,12H2,1-4H3,(H,23,26)/t14-/m1/s1. The number of halogens is 2. The Labute approximate surface area is 176 Å². The summed E-state index contributed by atoms with van der Waals surface area (Å²) in [5.74, 6) is -0.736. The summed E-state index contributed by atoms with van der Waals surface area (Å²) in [5.41, 5.74) is 0.784. The number of sulfonamides is 1. The summed E-state index contributed by atoms with van der Waals surface area (Å²) in [6.07, 6.45) is 0. The number of nitrogens with zero attached hydrogens (tertiary/aromatic N) is 1. The van der Waals surface area contributed by atoms with Gasteiger partial charge in [-0.2, -0.15) is 0 Å². The second-order valence-corrected chi connectivity index (χ2v) is 9.20. The fourth-order valence-corrected chi connectivity index (χ4v) is 4.09. The van der Waals surface area contributed by atoms with Crippen LogP contribution in [0.25, 0.3) is 0 Å². The minimum Gasteiger partial charge on any atom is -0.325 e. The lowest BCUT2D eigenvalue weighted by molar-refractivity contribution is -0.120. The quantitative estimate of drug-likeness (QED) is 0.655. The Morgan fingerprint density at radius 1 is 1.14 bits per heavy atom. The first-order chi connectivity index (χ1) is 13.5. The molecule has 2 N–H and O–H groups in total. The normalized spacial score (nSPS) is 13.0. The van der Waals surface area contributed by atoms with E-state index in [1.54, 1.807) is 38.8 Å². The molecule has 0 radical (unpaired) electrons. The van der Waals surface area contributed by atoms with Gasteiger partial charge in [0.2, 0.25) is 15.9 Å². The van der Waals surface area contributed by atoms with Crippen molar-refractivity contribution in [2.75, 3.05) is 12.4 Å². The zero-order chi connectivity index (χ0) is 21.8. The highest BCUT2D eigenvalue weighted by Gasteiger charge is 2.21. The summed E-state index contributed by atoms with van der Waals surface area (Å²) >= 11 is 6.05. The molecular formula is C20H25ClFN3O3S. The highest BCUT2D eigenvalue weighted by molar-refractivity contribution is 7.89. The summed E-state index contributed by atoms with van der Waals surface area (Å²) < 4.78 is 40.8. The van der Waals surface area contributed by atoms with E-state index in [0.717, 1.165) is 0 Å². The Morgan fingerprint density at radius 3 is 2.31 bits per heavy atom. The van der Waals surface area contributed by atoms with Crippen molar-refractivity contribution in [3.63, 3.8) is 0 Å². The molecule has 0 aliphatic rings. The molecule has 1 amide bonds. The predicted molar refractivity (Wildman–Crippen MR) is 113 cm³/mol. The molecule has 0 saturated heterocycles. The van der Waals surface area contributed by atoms with Crippen LogP contribution < -0.4 is 10.0 Å². The number of likely N-dealkylation sites (N-methyl/N-ethyl adjacent to an activating group) is 1. The van der Waals surface area contributed by atoms with E-state index in [-0.39, 0.29) is 23.4 Å². The van der Waals surface area contributed by atoms with Crippen molar-refractivity contribution in [1.82, 2.24) is 9.62 Å². The van der Waals surface area contributed by atoms with Crippen LogP contribution in [0.1, 0.15) is 26.3 Å². The van der Waals surface area contributed by atoms with Crippen LogP contribution in [-0.2, 0) is 21.4 Å². The summed E-state index contributed by atoms with van der Waals surface area (Å²) in [6.45, 7) is 5.32. The molecule has 0 saturated carbocycles. The van der Waals surface area contributed by atoms with Crippen LogP contribution in [0.5, 0.6) is 0 Å². The van der Waals surface area contributed by atoms with Crippen molar-refractivity contribution in [2.45, 2.75) is 44.3 Å². The van der Waals surface area contributed by atoms with Crippen molar-refractivity contribution < 1.29 is 17.6 Å². The molecule has 0 unspecified atom stereocenters. The van der Waals surface area contributed by atoms with Crippen molar-refractivity contribution in [3.8, 4) is 0 Å². The van der Waals surface area contributed by atoms with E-state index in [0.29, 0.717) is 16.3 Å². The van der Waals surface area contributed by atoms with Crippen LogP contribution >= 0.6 is 11.6 Å². The van der Waals surface area contributed by atoms with Crippen LogP contribution in [0.15, 0.2) is 47.4 Å². The van der Waals surface area contributed by atoms with Crippen LogP contribution in [0, 0.1) is 5.82 Å². The number of hydrogen-bond acceptors (Lipinski definition) is 4. The average molecular weight is 442 g/mol. The maximum absolute atomic E-state index is 14.0. The van der Waals surface area contributed by atoms with E-state index in [9.17, 15) is 17.6 Å². The van der Waals surface area contributed by atoms with Crippen LogP contribution in [0.4, 0.5) is 10.1 Å². The van der Waals surface area contributed by atoms with Gasteiger partial charge in [-0.3, -0.25) is 9.69 Å². The molecule has 29 heavy (non-hydrogen) atoms. The highest BCUT2D eigenvalue weighted by Crippen LogP contribution is 2.21. The topological polar surface area (TPSA) is 78.5 Å². The van der Waals surface area contributed by atoms with E-state index in [4.69, 9.17) is 11.6 Å². The van der Waals surface area contributed by atoms with Crippen molar-refractivity contribution in [1.29, 1.82) is 0 Å². The van der Waals surface area contributed by atoms with Gasteiger partial charge < -0.3 is 5.32 Å². The van der Waals surface area contributed by atoms with E-state index in [2.05, 4.69) is 10.0 Å². The number of hydrogen-bond donors (Lipinski definition) is 2. The number of rotatable bonds is 8. The Kier molecular flexibility index (Phi) is 7.76. The molecular weight excluding hydrogens is 417 g/mol. The van der Waals surface area contributed by atoms with Gasteiger partial charge in [0.1, 0.15) is 5.82 Å². The molecule has 1 atom stereocenters. The van der Waals surface area contributed by atoms with E-state index in [1.807, 2.05) is 0 Å². The highest BCUT2D eigenvalue weighted by atomic mass is 35.5. The van der Waals surface area contributed by atoms with E-state index < -0.39 is 21.9 Å². The molecule has 9 heteroatoms. The smallest absolute Gasteiger partial charge is 0.241 e. The molecule has 0 aliphatic carbocycles. The molecule has 2 rings (SSSR count). The first-order valence-corrected chi connectivity index (χ1v) is 10.9. The average Bonchev–Trinajstić information content (AvgIpc) is 2.63. The van der Waals surface area contributed by atoms with Gasteiger partial charge in [-0.25, -0.2) is 17.5 Å². The Morgan fingerprint density at radius 2 is 1.76 bits per heavy atom. The Balaban J connectivity index is 2.04. The summed E-state index contributed by atoms with van der Waals surface area (Å²) in [6, 6.07) is 9.54. The summed E-state index contributed by atoms with van der Waals surface area (Å²) in [7, 11) is -1.90. The van der Waals surface area contributed by atoms with Crippen LogP contribution in [-0.4, -0.2) is 38.4 Å². The van der Waals surface area contributed by atoms with Gasteiger partial charge in [-0.05, 0) is 64.2 Å². The van der Waals surface area contributed by atoms with E-state index >= 15 is 0 Å². The maximum Gasteiger partial charge on any atom is 0.241 e. The lowest BCUT2D eigenvalue weighted by Gasteiger charge is -2.24. The molecule has 2 aromatic rings. The summed E-state index contributed by atoms with van der Waals surface area (Å²) in [4.78, 5) is 14.3. The van der Waals surface area contributed by atoms with Crippen molar-refractivity contribution in [3.05, 3.63) is 58.9 Å². The molecule has 6 nitrogen and oxygen atoms in total. The number of benzene rings is 2. The SMILES string of the molecule is CC(C)NS(=O)(=O)c1ccc(NC(=O)[C@@H](C)N(C)Cc2c(F)cccc2Cl)cc1. The fraction of sp³-hybridized carbons (Fsp3) is 0.350. The molecule has 0 spiro atoms. The Hall–Kier alpha value is -2.00. The second kappa shape index (κ2) is 9.67. The second-order valence-electron chi connectivity index (χ2n) is 7.08. The minimum absolute atomic E-state index is 0.114. The molecule has 158 valence electrons. The Bertz CT molecular complexity index is 945. The zero-order valence-electron chi connectivity index (χ0n) is 16.7. The predicted octanol–water partition coefficient (Wildman–Crippen LogP) is 3.62. The largest absolute Gasteiger partial charge is 0.325 e. The van der Waals surface area contributed by atoms with Gasteiger partial charge in [0.15, 0.2) is 0 Å². The maximum atomic E-state index is 14.0. The number of anilines is 1. The molecule has 0 aromatic heterocycles. The van der Waals surface area contributed by atoms with Gasteiger partial charge in [-0.15, -0.1) is 0 Å². The fourth-order valence-electron chi connectivity index (χ4n) is 2.61. The number of amides is 1. The third kappa shape index (κ3) is 6.24. The number of carbonyl (C=O) groups is 1. The molecule has 0 aliphatic heterocycles. The molecule has 2 aromatic carbocycles. The third-order valence-corrected chi connectivity index (χ3v) is 6.36. The van der Waals surface area contributed by atoms with Gasteiger partial charge >= 0.3 is 0 Å². The van der Waals surface area contributed by atoms with Crippen molar-refractivity contribution >= 4 is 33.2 Å². The molecule has 0 heterocycles. The number of nitrogens with one attached hydrogen (secondary N) is 2. The van der Waals surface area contributed by atoms with Crippen LogP contribution in [0.2, 0.25) is 5.02 Å². The van der Waals surface area contributed by atoms with E-state index in [1.165, 1.54) is 36.4 Å². The van der Waals surface area contributed by atoms with Gasteiger partial charge in [0, 0.05) is 28.9 Å². The van der Waals surface area contributed by atoms with Gasteiger partial charge in [-0.1, -0.05) is 17.7 Å².